The third-order valence-electron chi connectivity index (χ3n) is 13.1. The third-order valence-corrected chi connectivity index (χ3v) is 13.1. The largest absolute Gasteiger partial charge is 0.493 e. The van der Waals surface area contributed by atoms with Crippen LogP contribution in [0.1, 0.15) is 206 Å². The Morgan fingerprint density at radius 1 is 0.418 bits per heavy atom. The third kappa shape index (κ3) is 15.9. The SMILES string of the molecule is CCCCOc1c2cc(C(=O)Nc3cc(C(=O)O)cc(C(=O)OC(C)(C)C)c3)cc1Cc1cc(C(=O)OC)cc(c1OCCCC)Cc1cc(C(=O)OC)cc(c1OCCCC)Cc1cc(C(=O)OC)cc(c1OCCCC)C2. The minimum absolute atomic E-state index is 0.0206. The van der Waals surface area contributed by atoms with Crippen LogP contribution in [0, 0.1) is 0 Å². The van der Waals surface area contributed by atoms with Gasteiger partial charge in [-0.25, -0.2) is 24.0 Å². The van der Waals surface area contributed by atoms with E-state index in [2.05, 4.69) is 12.2 Å². The van der Waals surface area contributed by atoms with Crippen LogP contribution in [0.3, 0.4) is 0 Å². The molecule has 0 radical (unpaired) electrons. The van der Waals surface area contributed by atoms with Gasteiger partial charge in [-0.3, -0.25) is 4.79 Å². The molecule has 422 valence electrons. The van der Waals surface area contributed by atoms with Crippen LogP contribution in [0.4, 0.5) is 5.69 Å². The lowest BCUT2D eigenvalue weighted by Gasteiger charge is -2.24. The van der Waals surface area contributed by atoms with Crippen molar-refractivity contribution in [1.29, 1.82) is 0 Å². The summed E-state index contributed by atoms with van der Waals surface area (Å²) in [4.78, 5) is 82.1. The highest BCUT2D eigenvalue weighted by molar-refractivity contribution is 6.06. The van der Waals surface area contributed by atoms with E-state index < -0.39 is 41.4 Å². The van der Waals surface area contributed by atoms with E-state index in [0.717, 1.165) is 32.1 Å². The molecule has 0 fully saturated rings. The van der Waals surface area contributed by atoms with Crippen LogP contribution in [0.5, 0.6) is 23.0 Å². The van der Waals surface area contributed by atoms with E-state index in [-0.39, 0.29) is 71.4 Å². The predicted molar refractivity (Wildman–Crippen MR) is 299 cm³/mol. The van der Waals surface area contributed by atoms with E-state index in [4.69, 9.17) is 37.9 Å². The second-order valence-electron chi connectivity index (χ2n) is 20.5. The quantitative estimate of drug-likeness (QED) is 0.0347. The highest BCUT2D eigenvalue weighted by atomic mass is 16.6. The Morgan fingerprint density at radius 2 is 0.696 bits per heavy atom. The first-order chi connectivity index (χ1) is 37.8. The lowest BCUT2D eigenvalue weighted by atomic mass is 9.88. The number of carbonyl (C=O) groups is 6. The zero-order valence-corrected chi connectivity index (χ0v) is 47.3. The fourth-order valence-electron chi connectivity index (χ4n) is 9.22. The smallest absolute Gasteiger partial charge is 0.338 e. The van der Waals surface area contributed by atoms with Crippen LogP contribution >= 0.6 is 0 Å². The van der Waals surface area contributed by atoms with Crippen molar-refractivity contribution in [2.75, 3.05) is 53.1 Å². The van der Waals surface area contributed by atoms with Crippen LogP contribution < -0.4 is 24.3 Å². The van der Waals surface area contributed by atoms with E-state index in [9.17, 15) is 33.9 Å². The first-order valence-electron chi connectivity index (χ1n) is 27.2. The second-order valence-corrected chi connectivity index (χ2v) is 20.5. The number of anilines is 1. The van der Waals surface area contributed by atoms with E-state index in [1.807, 2.05) is 20.8 Å². The summed E-state index contributed by atoms with van der Waals surface area (Å²) in [5.41, 5.74) is 4.09. The topological polar surface area (TPSA) is 209 Å². The van der Waals surface area contributed by atoms with Gasteiger partial charge < -0.3 is 48.3 Å². The van der Waals surface area contributed by atoms with Gasteiger partial charge in [-0.15, -0.1) is 0 Å². The number of esters is 4. The number of amides is 1. The predicted octanol–water partition coefficient (Wildman–Crippen LogP) is 12.3. The molecule has 6 rings (SSSR count). The molecule has 1 amide bonds. The number of hydrogen-bond acceptors (Lipinski definition) is 14. The molecule has 0 atom stereocenters. The summed E-state index contributed by atoms with van der Waals surface area (Å²) in [6.07, 6.45) is 6.33. The first-order valence-corrected chi connectivity index (χ1v) is 27.2. The highest BCUT2D eigenvalue weighted by Crippen LogP contribution is 2.42. The summed E-state index contributed by atoms with van der Waals surface area (Å²) in [5.74, 6) is -2.71. The average molecular weight is 1090 g/mol. The normalized spacial score (nSPS) is 11.9. The molecule has 79 heavy (non-hydrogen) atoms. The van der Waals surface area contributed by atoms with E-state index in [1.165, 1.54) is 39.5 Å². The summed E-state index contributed by atoms with van der Waals surface area (Å²) in [6.45, 7) is 14.5. The summed E-state index contributed by atoms with van der Waals surface area (Å²) < 4.78 is 48.7. The summed E-state index contributed by atoms with van der Waals surface area (Å²) in [7, 11) is 3.91. The van der Waals surface area contributed by atoms with Crippen LogP contribution in [0.15, 0.2) is 66.7 Å². The van der Waals surface area contributed by atoms with Crippen molar-refractivity contribution in [2.45, 2.75) is 131 Å². The molecule has 0 saturated heterocycles. The Labute approximate surface area is 463 Å². The van der Waals surface area contributed by atoms with Gasteiger partial charge in [0.05, 0.1) is 75.6 Å². The second kappa shape index (κ2) is 28.1. The maximum atomic E-state index is 15.0. The number of nitrogens with one attached hydrogen (secondary N) is 1. The van der Waals surface area contributed by atoms with E-state index >= 15 is 0 Å². The Kier molecular flexibility index (Phi) is 21.5. The number of aromatic carboxylic acids is 1. The zero-order valence-electron chi connectivity index (χ0n) is 47.3. The molecule has 1 aliphatic rings. The Bertz CT molecular complexity index is 2910. The van der Waals surface area contributed by atoms with Crippen LogP contribution in [0.25, 0.3) is 0 Å². The molecule has 0 saturated carbocycles. The number of ether oxygens (including phenoxy) is 8. The van der Waals surface area contributed by atoms with Crippen LogP contribution in [-0.2, 0) is 44.6 Å². The van der Waals surface area contributed by atoms with Gasteiger partial charge in [0, 0.05) is 36.9 Å². The number of methoxy groups -OCH3 is 3. The molecule has 2 N–H and O–H groups in total. The van der Waals surface area contributed by atoms with Gasteiger partial charge in [0.15, 0.2) is 0 Å². The number of benzene rings is 5. The molecule has 0 aromatic heterocycles. The molecule has 16 nitrogen and oxygen atoms in total. The monoisotopic (exact) mass is 1090 g/mol. The van der Waals surface area contributed by atoms with Crippen molar-refractivity contribution >= 4 is 41.4 Å². The molecular formula is C63H75NO15. The number of unbranched alkanes of at least 4 members (excludes halogenated alkanes) is 4. The number of carboxylic acid groups (broad SMARTS) is 1. The summed E-state index contributed by atoms with van der Waals surface area (Å²) >= 11 is 0. The van der Waals surface area contributed by atoms with Gasteiger partial charge in [0.1, 0.15) is 28.6 Å². The van der Waals surface area contributed by atoms with Gasteiger partial charge in [0.2, 0.25) is 0 Å². The molecule has 5 aromatic carbocycles. The molecular weight excluding hydrogens is 1010 g/mol. The van der Waals surface area contributed by atoms with Gasteiger partial charge in [-0.05, 0) is 158 Å². The maximum absolute atomic E-state index is 15.0. The molecule has 0 spiro atoms. The lowest BCUT2D eigenvalue weighted by molar-refractivity contribution is 0.00687. The van der Waals surface area contributed by atoms with Crippen LogP contribution in [-0.4, -0.2) is 94.2 Å². The first kappa shape index (κ1) is 60.4. The van der Waals surface area contributed by atoms with Gasteiger partial charge in [-0.1, -0.05) is 53.4 Å². The number of hydrogen-bond donors (Lipinski definition) is 2. The lowest BCUT2D eigenvalue weighted by Crippen LogP contribution is -2.24. The minimum atomic E-state index is -1.33. The number of carbonyl (C=O) groups excluding carboxylic acids is 5. The van der Waals surface area contributed by atoms with Crippen molar-refractivity contribution < 1.29 is 71.8 Å². The van der Waals surface area contributed by atoms with Gasteiger partial charge in [0.25, 0.3) is 5.91 Å². The van der Waals surface area contributed by atoms with E-state index in [1.54, 1.807) is 69.3 Å². The zero-order chi connectivity index (χ0) is 57.4. The minimum Gasteiger partial charge on any atom is -0.493 e. The Morgan fingerprint density at radius 3 is 0.962 bits per heavy atom. The van der Waals surface area contributed by atoms with E-state index in [0.29, 0.717) is 107 Å². The summed E-state index contributed by atoms with van der Waals surface area (Å²) in [5, 5.41) is 13.0. The van der Waals surface area contributed by atoms with Crippen molar-refractivity contribution in [3.05, 3.63) is 145 Å². The fraction of sp³-hybridized carbons (Fsp3) is 0.429. The molecule has 0 unspecified atom stereocenters. The molecule has 5 aromatic rings. The highest BCUT2D eigenvalue weighted by Gasteiger charge is 2.29. The number of rotatable bonds is 23. The van der Waals surface area contributed by atoms with Crippen molar-refractivity contribution in [3.63, 3.8) is 0 Å². The Hall–Kier alpha value is -7.88. The average Bonchev–Trinajstić information content (AvgIpc) is 3.46. The van der Waals surface area contributed by atoms with Crippen molar-refractivity contribution in [2.24, 2.45) is 0 Å². The van der Waals surface area contributed by atoms with Crippen LogP contribution in [0.2, 0.25) is 0 Å². The molecule has 8 bridgehead atoms. The van der Waals surface area contributed by atoms with Gasteiger partial charge in [-0.2, -0.15) is 0 Å². The fourth-order valence-corrected chi connectivity index (χ4v) is 9.22. The maximum Gasteiger partial charge on any atom is 0.338 e. The summed E-state index contributed by atoms with van der Waals surface area (Å²) in [6, 6.07) is 17.5. The molecule has 0 heterocycles. The molecule has 0 aliphatic heterocycles. The van der Waals surface area contributed by atoms with Crippen molar-refractivity contribution in [1.82, 2.24) is 0 Å². The Balaban J connectivity index is 1.75. The molecule has 1 aliphatic carbocycles. The molecule has 16 heteroatoms. The van der Waals surface area contributed by atoms with Gasteiger partial charge >= 0.3 is 29.8 Å². The van der Waals surface area contributed by atoms with Crippen molar-refractivity contribution in [3.8, 4) is 23.0 Å². The number of carboxylic acids is 1. The standard InChI is InChI=1S/C63H75NO15/c1-11-15-19-75-53-38-23-40-29-48(59(68)72-8)31-42(54(40)76-20-16-12-2)25-44-33-50(61(70)74-10)34-45(56(44)78-22-18-14-4)26-43-32-49(60(69)73-9)30-41(55(43)77-21-17-13-3)24-39(53)28-46(27-38)57(65)64-52-36-47(58(66)67)35-51(37-52)62(71)79-63(5,6)7/h27-37H,11-26H2,1-10H3,(H,64,65)(H,66,67). The number of fused-ring (bicyclic) bond motifs is 8.